The molecule has 0 saturated carbocycles. The molecule has 10 heteroatoms. The fraction of sp³-hybridized carbons (Fsp3) is 0.333. The number of alkyl halides is 5. The summed E-state index contributed by atoms with van der Waals surface area (Å²) in [6.07, 6.45) is -8.20. The molecule has 0 amide bonds. The summed E-state index contributed by atoms with van der Waals surface area (Å²) in [6, 6.07) is 0. The molecule has 0 saturated heterocycles. The van der Waals surface area contributed by atoms with Gasteiger partial charge in [0.05, 0.1) is 12.7 Å². The Morgan fingerprint density at radius 2 is 2.00 bits per heavy atom. The van der Waals surface area contributed by atoms with Crippen molar-refractivity contribution in [2.75, 3.05) is 7.11 Å². The molecule has 0 bridgehead atoms. The third-order valence-corrected chi connectivity index (χ3v) is 1.89. The first-order valence-electron chi connectivity index (χ1n) is 4.51. The molecule has 0 aromatic carbocycles. The molecule has 0 atom stereocenters. The molecular weight excluding hydrogens is 281 g/mol. The lowest BCUT2D eigenvalue weighted by Gasteiger charge is -2.15. The Bertz CT molecular complexity index is 488. The SMILES string of the molecule is COc1ncc(C(F)F)c(C(=O)O)c1OC(F)(F)F. The maximum absolute atomic E-state index is 12.6. The van der Waals surface area contributed by atoms with Gasteiger partial charge < -0.3 is 14.6 Å². The Morgan fingerprint density at radius 1 is 1.42 bits per heavy atom. The van der Waals surface area contributed by atoms with Crippen molar-refractivity contribution in [3.8, 4) is 11.6 Å². The van der Waals surface area contributed by atoms with E-state index in [-0.39, 0.29) is 0 Å². The Labute approximate surface area is 102 Å². The first-order chi connectivity index (χ1) is 8.67. The van der Waals surface area contributed by atoms with Crippen LogP contribution in [-0.4, -0.2) is 29.5 Å². The second-order valence-corrected chi connectivity index (χ2v) is 3.08. The Hall–Kier alpha value is -2.13. The van der Waals surface area contributed by atoms with Crippen LogP contribution in [0.3, 0.4) is 0 Å². The zero-order valence-corrected chi connectivity index (χ0v) is 9.16. The van der Waals surface area contributed by atoms with E-state index in [0.717, 1.165) is 7.11 Å². The summed E-state index contributed by atoms with van der Waals surface area (Å²) in [6.45, 7) is 0. The molecule has 0 radical (unpaired) electrons. The molecule has 19 heavy (non-hydrogen) atoms. The predicted molar refractivity (Wildman–Crippen MR) is 49.4 cm³/mol. The number of hydrogen-bond donors (Lipinski definition) is 1. The molecule has 0 fully saturated rings. The summed E-state index contributed by atoms with van der Waals surface area (Å²) >= 11 is 0. The molecule has 0 unspecified atom stereocenters. The van der Waals surface area contributed by atoms with E-state index in [0.29, 0.717) is 6.20 Å². The third-order valence-electron chi connectivity index (χ3n) is 1.89. The number of aromatic carboxylic acids is 1. The van der Waals surface area contributed by atoms with Gasteiger partial charge in [0.15, 0.2) is 0 Å². The first kappa shape index (κ1) is 14.9. The van der Waals surface area contributed by atoms with Crippen molar-refractivity contribution < 1.29 is 41.3 Å². The van der Waals surface area contributed by atoms with Gasteiger partial charge in [0.2, 0.25) is 5.75 Å². The Balaban J connectivity index is 3.53. The van der Waals surface area contributed by atoms with Crippen LogP contribution in [0.1, 0.15) is 22.3 Å². The van der Waals surface area contributed by atoms with Gasteiger partial charge in [-0.3, -0.25) is 0 Å². The van der Waals surface area contributed by atoms with E-state index in [1.165, 1.54) is 0 Å². The van der Waals surface area contributed by atoms with Gasteiger partial charge in [0, 0.05) is 6.20 Å². The van der Waals surface area contributed by atoms with Crippen LogP contribution < -0.4 is 9.47 Å². The van der Waals surface area contributed by atoms with Gasteiger partial charge in [-0.1, -0.05) is 0 Å². The fourth-order valence-corrected chi connectivity index (χ4v) is 1.23. The minimum atomic E-state index is -5.28. The van der Waals surface area contributed by atoms with E-state index in [1.807, 2.05) is 0 Å². The van der Waals surface area contributed by atoms with E-state index in [4.69, 9.17) is 5.11 Å². The molecule has 0 aliphatic carbocycles. The van der Waals surface area contributed by atoms with Crippen LogP contribution in [0.2, 0.25) is 0 Å². The summed E-state index contributed by atoms with van der Waals surface area (Å²) in [7, 11) is 0.888. The average Bonchev–Trinajstić information content (AvgIpc) is 2.25. The van der Waals surface area contributed by atoms with Crippen LogP contribution in [0, 0.1) is 0 Å². The maximum Gasteiger partial charge on any atom is 0.573 e. The van der Waals surface area contributed by atoms with Gasteiger partial charge >= 0.3 is 12.3 Å². The van der Waals surface area contributed by atoms with E-state index in [9.17, 15) is 26.7 Å². The van der Waals surface area contributed by atoms with Gasteiger partial charge in [-0.15, -0.1) is 13.2 Å². The first-order valence-corrected chi connectivity index (χ1v) is 4.51. The Morgan fingerprint density at radius 3 is 2.37 bits per heavy atom. The Kier molecular flexibility index (Phi) is 4.12. The number of carboxylic acids is 1. The number of carboxylic acid groups (broad SMARTS) is 1. The number of methoxy groups -OCH3 is 1. The molecule has 0 aliphatic heterocycles. The number of hydrogen-bond acceptors (Lipinski definition) is 4. The highest BCUT2D eigenvalue weighted by molar-refractivity contribution is 5.93. The number of pyridine rings is 1. The summed E-state index contributed by atoms with van der Waals surface area (Å²) in [5.74, 6) is -4.30. The number of nitrogens with zero attached hydrogens (tertiary/aromatic N) is 1. The lowest BCUT2D eigenvalue weighted by molar-refractivity contribution is -0.275. The number of halogens is 5. The van der Waals surface area contributed by atoms with Crippen LogP contribution in [0.5, 0.6) is 11.6 Å². The molecule has 1 heterocycles. The second-order valence-electron chi connectivity index (χ2n) is 3.08. The average molecular weight is 287 g/mol. The molecule has 1 N–H and O–H groups in total. The van der Waals surface area contributed by atoms with Gasteiger partial charge in [-0.05, 0) is 0 Å². The van der Waals surface area contributed by atoms with Crippen LogP contribution in [-0.2, 0) is 0 Å². The van der Waals surface area contributed by atoms with Crippen molar-refractivity contribution in [3.63, 3.8) is 0 Å². The summed E-state index contributed by atoms with van der Waals surface area (Å²) in [5, 5.41) is 8.75. The van der Waals surface area contributed by atoms with E-state index >= 15 is 0 Å². The largest absolute Gasteiger partial charge is 0.573 e. The number of rotatable bonds is 4. The van der Waals surface area contributed by atoms with E-state index in [1.54, 1.807) is 0 Å². The van der Waals surface area contributed by atoms with Crippen LogP contribution in [0.15, 0.2) is 6.20 Å². The second kappa shape index (κ2) is 5.24. The monoisotopic (exact) mass is 287 g/mol. The van der Waals surface area contributed by atoms with Crippen LogP contribution >= 0.6 is 0 Å². The maximum atomic E-state index is 12.6. The lowest BCUT2D eigenvalue weighted by atomic mass is 10.1. The van der Waals surface area contributed by atoms with Crippen molar-refractivity contribution in [1.29, 1.82) is 0 Å². The fourth-order valence-electron chi connectivity index (χ4n) is 1.23. The third kappa shape index (κ3) is 3.42. The molecule has 5 nitrogen and oxygen atoms in total. The highest BCUT2D eigenvalue weighted by atomic mass is 19.4. The van der Waals surface area contributed by atoms with Crippen molar-refractivity contribution >= 4 is 5.97 Å². The zero-order chi connectivity index (χ0) is 14.8. The molecule has 1 rings (SSSR count). The number of aromatic nitrogens is 1. The van der Waals surface area contributed by atoms with Crippen LogP contribution in [0.4, 0.5) is 22.0 Å². The van der Waals surface area contributed by atoms with Crippen molar-refractivity contribution in [2.24, 2.45) is 0 Å². The van der Waals surface area contributed by atoms with Crippen molar-refractivity contribution in [1.82, 2.24) is 4.98 Å². The highest BCUT2D eigenvalue weighted by Gasteiger charge is 2.37. The number of ether oxygens (including phenoxy) is 2. The van der Waals surface area contributed by atoms with E-state index < -0.39 is 41.5 Å². The minimum absolute atomic E-state index is 0.413. The number of carbonyl (C=O) groups is 1. The topological polar surface area (TPSA) is 68.7 Å². The molecule has 0 aliphatic rings. The zero-order valence-electron chi connectivity index (χ0n) is 9.16. The quantitative estimate of drug-likeness (QED) is 0.862. The van der Waals surface area contributed by atoms with Crippen molar-refractivity contribution in [2.45, 2.75) is 12.8 Å². The smallest absolute Gasteiger partial charge is 0.478 e. The minimum Gasteiger partial charge on any atom is -0.478 e. The molecular formula is C9H6F5NO4. The van der Waals surface area contributed by atoms with E-state index in [2.05, 4.69) is 14.5 Å². The summed E-state index contributed by atoms with van der Waals surface area (Å²) in [4.78, 5) is 14.0. The van der Waals surface area contributed by atoms with Gasteiger partial charge in [0.25, 0.3) is 12.3 Å². The molecule has 106 valence electrons. The predicted octanol–water partition coefficient (Wildman–Crippen LogP) is 2.62. The summed E-state index contributed by atoms with van der Waals surface area (Å²) < 4.78 is 69.3. The van der Waals surface area contributed by atoms with Crippen LogP contribution in [0.25, 0.3) is 0 Å². The summed E-state index contributed by atoms with van der Waals surface area (Å²) in [5.41, 5.74) is -2.55. The standard InChI is InChI=1S/C9H6F5NO4/c1-18-7-5(19-9(12,13)14)4(8(16)17)3(2-15-7)6(10)11/h2,6H,1H3,(H,16,17). The van der Waals surface area contributed by atoms with Gasteiger partial charge in [-0.2, -0.15) is 0 Å². The lowest BCUT2D eigenvalue weighted by Crippen LogP contribution is -2.21. The molecule has 0 spiro atoms. The normalized spacial score (nSPS) is 11.5. The van der Waals surface area contributed by atoms with Gasteiger partial charge in [-0.25, -0.2) is 18.6 Å². The molecule has 1 aromatic rings. The van der Waals surface area contributed by atoms with Crippen molar-refractivity contribution in [3.05, 3.63) is 17.3 Å². The molecule has 1 aromatic heterocycles. The highest BCUT2D eigenvalue weighted by Crippen LogP contribution is 2.38. The van der Waals surface area contributed by atoms with Gasteiger partial charge in [0.1, 0.15) is 5.56 Å².